The minimum atomic E-state index is 0.767. The van der Waals surface area contributed by atoms with E-state index in [2.05, 4.69) is 29.9 Å². The predicted octanol–water partition coefficient (Wildman–Crippen LogP) is 4.38. The molecule has 0 unspecified atom stereocenters. The molecule has 2 aromatic heterocycles. The van der Waals surface area contributed by atoms with Crippen LogP contribution in [0.25, 0.3) is 10.6 Å². The third-order valence-electron chi connectivity index (χ3n) is 3.48. The van der Waals surface area contributed by atoms with Crippen LogP contribution in [0.4, 0.5) is 0 Å². The van der Waals surface area contributed by atoms with Crippen molar-refractivity contribution >= 4 is 22.7 Å². The normalized spacial score (nSPS) is 15.1. The Bertz CT molecular complexity index is 552. The molecule has 1 aliphatic carbocycles. The SMILES string of the molecule is CCCc1nc(-c2cscc2C)sc1CNC1CC1. The number of aryl methyl sites for hydroxylation is 2. The highest BCUT2D eigenvalue weighted by Crippen LogP contribution is 2.33. The highest BCUT2D eigenvalue weighted by molar-refractivity contribution is 7.15. The van der Waals surface area contributed by atoms with Crippen molar-refractivity contribution in [2.75, 3.05) is 0 Å². The summed E-state index contributed by atoms with van der Waals surface area (Å²) >= 11 is 3.64. The van der Waals surface area contributed by atoms with Gasteiger partial charge in [-0.05, 0) is 37.1 Å². The van der Waals surface area contributed by atoms with Gasteiger partial charge in [0.25, 0.3) is 0 Å². The van der Waals surface area contributed by atoms with E-state index in [0.717, 1.165) is 19.0 Å². The Labute approximate surface area is 122 Å². The van der Waals surface area contributed by atoms with Gasteiger partial charge in [-0.15, -0.1) is 11.3 Å². The molecular formula is C15H20N2S2. The number of nitrogens with one attached hydrogen (secondary N) is 1. The second-order valence-corrected chi connectivity index (χ2v) is 7.09. The van der Waals surface area contributed by atoms with E-state index in [-0.39, 0.29) is 0 Å². The Balaban J connectivity index is 1.84. The van der Waals surface area contributed by atoms with Crippen molar-refractivity contribution in [1.82, 2.24) is 10.3 Å². The van der Waals surface area contributed by atoms with Crippen LogP contribution in [0, 0.1) is 6.92 Å². The van der Waals surface area contributed by atoms with E-state index in [1.54, 1.807) is 11.3 Å². The molecular weight excluding hydrogens is 272 g/mol. The third kappa shape index (κ3) is 3.07. The first-order chi connectivity index (χ1) is 9.28. The van der Waals surface area contributed by atoms with Gasteiger partial charge in [0.2, 0.25) is 0 Å². The molecule has 2 heterocycles. The van der Waals surface area contributed by atoms with Crippen LogP contribution in [0.15, 0.2) is 10.8 Å². The molecule has 1 fully saturated rings. The first-order valence-corrected chi connectivity index (χ1v) is 8.79. The molecule has 3 rings (SSSR count). The minimum absolute atomic E-state index is 0.767. The van der Waals surface area contributed by atoms with Crippen molar-refractivity contribution in [3.63, 3.8) is 0 Å². The van der Waals surface area contributed by atoms with Crippen LogP contribution < -0.4 is 5.32 Å². The lowest BCUT2D eigenvalue weighted by atomic mass is 10.2. The van der Waals surface area contributed by atoms with E-state index in [0.29, 0.717) is 0 Å². The van der Waals surface area contributed by atoms with Crippen LogP contribution in [-0.4, -0.2) is 11.0 Å². The molecule has 0 radical (unpaired) electrons. The fraction of sp³-hybridized carbons (Fsp3) is 0.533. The minimum Gasteiger partial charge on any atom is -0.309 e. The third-order valence-corrected chi connectivity index (χ3v) is 5.47. The summed E-state index contributed by atoms with van der Waals surface area (Å²) in [6.07, 6.45) is 4.96. The van der Waals surface area contributed by atoms with Crippen molar-refractivity contribution < 1.29 is 0 Å². The Morgan fingerprint density at radius 3 is 2.84 bits per heavy atom. The van der Waals surface area contributed by atoms with Crippen molar-refractivity contribution in [3.05, 3.63) is 26.9 Å². The molecule has 0 atom stereocenters. The topological polar surface area (TPSA) is 24.9 Å². The molecule has 4 heteroatoms. The molecule has 0 aromatic carbocycles. The average Bonchev–Trinajstić information content (AvgIpc) is 3.00. The molecule has 0 bridgehead atoms. The van der Waals surface area contributed by atoms with Gasteiger partial charge in [0.05, 0.1) is 5.69 Å². The molecule has 1 N–H and O–H groups in total. The maximum Gasteiger partial charge on any atom is 0.125 e. The van der Waals surface area contributed by atoms with E-state index in [9.17, 15) is 0 Å². The van der Waals surface area contributed by atoms with Crippen molar-refractivity contribution in [2.24, 2.45) is 0 Å². The summed E-state index contributed by atoms with van der Waals surface area (Å²) in [7, 11) is 0. The van der Waals surface area contributed by atoms with E-state index < -0.39 is 0 Å². The Morgan fingerprint density at radius 1 is 1.37 bits per heavy atom. The summed E-state index contributed by atoms with van der Waals surface area (Å²) < 4.78 is 0. The molecule has 0 spiro atoms. The average molecular weight is 292 g/mol. The molecule has 1 saturated carbocycles. The second-order valence-electron chi connectivity index (χ2n) is 5.26. The fourth-order valence-corrected chi connectivity index (χ4v) is 4.22. The highest BCUT2D eigenvalue weighted by atomic mass is 32.1. The van der Waals surface area contributed by atoms with Gasteiger partial charge >= 0.3 is 0 Å². The van der Waals surface area contributed by atoms with Gasteiger partial charge < -0.3 is 5.32 Å². The lowest BCUT2D eigenvalue weighted by Crippen LogP contribution is -2.15. The molecule has 0 amide bonds. The maximum atomic E-state index is 4.89. The van der Waals surface area contributed by atoms with Gasteiger partial charge in [-0.1, -0.05) is 13.3 Å². The maximum absolute atomic E-state index is 4.89. The summed E-state index contributed by atoms with van der Waals surface area (Å²) in [5.74, 6) is 0. The fourth-order valence-electron chi connectivity index (χ4n) is 2.17. The summed E-state index contributed by atoms with van der Waals surface area (Å²) in [6.45, 7) is 5.41. The summed E-state index contributed by atoms with van der Waals surface area (Å²) in [5, 5.41) is 9.25. The van der Waals surface area contributed by atoms with Gasteiger partial charge in [0.1, 0.15) is 5.01 Å². The predicted molar refractivity (Wildman–Crippen MR) is 84.0 cm³/mol. The first-order valence-electron chi connectivity index (χ1n) is 7.03. The largest absolute Gasteiger partial charge is 0.309 e. The van der Waals surface area contributed by atoms with Crippen LogP contribution >= 0.6 is 22.7 Å². The van der Waals surface area contributed by atoms with Gasteiger partial charge in [0, 0.05) is 28.4 Å². The number of rotatable bonds is 6. The van der Waals surface area contributed by atoms with E-state index in [4.69, 9.17) is 4.98 Å². The van der Waals surface area contributed by atoms with Crippen LogP contribution in [0.3, 0.4) is 0 Å². The number of hydrogen-bond acceptors (Lipinski definition) is 4. The smallest absolute Gasteiger partial charge is 0.125 e. The lowest BCUT2D eigenvalue weighted by molar-refractivity contribution is 0.686. The molecule has 0 saturated heterocycles. The zero-order chi connectivity index (χ0) is 13.2. The zero-order valence-corrected chi connectivity index (χ0v) is 13.2. The number of nitrogens with zero attached hydrogens (tertiary/aromatic N) is 1. The number of thiazole rings is 1. The summed E-state index contributed by atoms with van der Waals surface area (Å²) in [5.41, 5.74) is 3.98. The molecule has 0 aliphatic heterocycles. The van der Waals surface area contributed by atoms with Gasteiger partial charge in [-0.2, -0.15) is 11.3 Å². The Hall–Kier alpha value is -0.710. The van der Waals surface area contributed by atoms with Crippen LogP contribution in [-0.2, 0) is 13.0 Å². The number of aromatic nitrogens is 1. The highest BCUT2D eigenvalue weighted by Gasteiger charge is 2.21. The van der Waals surface area contributed by atoms with Crippen LogP contribution in [0.5, 0.6) is 0 Å². The van der Waals surface area contributed by atoms with Gasteiger partial charge in [-0.3, -0.25) is 0 Å². The number of hydrogen-bond donors (Lipinski definition) is 1. The monoisotopic (exact) mass is 292 g/mol. The van der Waals surface area contributed by atoms with E-state index in [1.165, 1.54) is 46.0 Å². The molecule has 2 aromatic rings. The zero-order valence-electron chi connectivity index (χ0n) is 11.5. The van der Waals surface area contributed by atoms with E-state index >= 15 is 0 Å². The molecule has 2 nitrogen and oxygen atoms in total. The molecule has 102 valence electrons. The first kappa shape index (κ1) is 13.3. The quantitative estimate of drug-likeness (QED) is 0.854. The lowest BCUT2D eigenvalue weighted by Gasteiger charge is -2.01. The summed E-state index contributed by atoms with van der Waals surface area (Å²) in [4.78, 5) is 6.33. The van der Waals surface area contributed by atoms with Gasteiger partial charge in [0.15, 0.2) is 0 Å². The second kappa shape index (κ2) is 5.73. The van der Waals surface area contributed by atoms with Crippen molar-refractivity contribution in [1.29, 1.82) is 0 Å². The number of thiophene rings is 1. The van der Waals surface area contributed by atoms with Gasteiger partial charge in [-0.25, -0.2) is 4.98 Å². The van der Waals surface area contributed by atoms with Crippen LogP contribution in [0.1, 0.15) is 42.3 Å². The van der Waals surface area contributed by atoms with E-state index in [1.807, 2.05) is 11.3 Å². The summed E-state index contributed by atoms with van der Waals surface area (Å²) in [6, 6.07) is 0.767. The Morgan fingerprint density at radius 2 is 2.21 bits per heavy atom. The molecule has 1 aliphatic rings. The van der Waals surface area contributed by atoms with Crippen molar-refractivity contribution in [3.8, 4) is 10.6 Å². The van der Waals surface area contributed by atoms with Crippen molar-refractivity contribution in [2.45, 2.75) is 52.1 Å². The standard InChI is InChI=1S/C15H20N2S2/c1-3-4-13-14(7-16-11-5-6-11)19-15(17-13)12-9-18-8-10(12)2/h8-9,11,16H,3-7H2,1-2H3. The van der Waals surface area contributed by atoms with Crippen LogP contribution in [0.2, 0.25) is 0 Å². The Kier molecular flexibility index (Phi) is 4.01. The molecule has 19 heavy (non-hydrogen) atoms.